The Hall–Kier alpha value is -9.40. The van der Waals surface area contributed by atoms with Crippen molar-refractivity contribution in [2.24, 2.45) is 0 Å². The van der Waals surface area contributed by atoms with Crippen LogP contribution in [0.3, 0.4) is 0 Å². The van der Waals surface area contributed by atoms with E-state index in [1.54, 1.807) is 0 Å². The van der Waals surface area contributed by atoms with Gasteiger partial charge in [-0.15, -0.1) is 0 Å². The van der Waals surface area contributed by atoms with Gasteiger partial charge in [0.1, 0.15) is 0 Å². The van der Waals surface area contributed by atoms with Crippen LogP contribution in [0.25, 0.3) is 32.3 Å². The van der Waals surface area contributed by atoms with E-state index in [0.29, 0.717) is 0 Å². The highest BCUT2D eigenvalue weighted by atomic mass is 15.2. The van der Waals surface area contributed by atoms with Gasteiger partial charge < -0.3 is 19.6 Å². The maximum absolute atomic E-state index is 4.80. The van der Waals surface area contributed by atoms with Gasteiger partial charge in [0, 0.05) is 81.9 Å². The van der Waals surface area contributed by atoms with E-state index in [9.17, 15) is 0 Å². The predicted molar refractivity (Wildman–Crippen MR) is 356 cm³/mol. The van der Waals surface area contributed by atoms with Crippen LogP contribution in [0.2, 0.25) is 0 Å². The first-order valence-electron chi connectivity index (χ1n) is 29.3. The minimum atomic E-state index is 1.06. The fourth-order valence-corrected chi connectivity index (χ4v) is 13.9. The first kappa shape index (κ1) is 55.2. The van der Waals surface area contributed by atoms with Crippen LogP contribution in [0.15, 0.2) is 159 Å². The van der Waals surface area contributed by atoms with Crippen LogP contribution >= 0.6 is 0 Å². The molecule has 0 amide bonds. The first-order valence-corrected chi connectivity index (χ1v) is 29.3. The molecule has 0 aliphatic carbocycles. The van der Waals surface area contributed by atoms with Crippen molar-refractivity contribution < 1.29 is 0 Å². The van der Waals surface area contributed by atoms with E-state index in [1.807, 2.05) is 49.6 Å². The summed E-state index contributed by atoms with van der Waals surface area (Å²) < 4.78 is 0. The Kier molecular flexibility index (Phi) is 14.1. The summed E-state index contributed by atoms with van der Waals surface area (Å²) in [5.74, 6) is 0. The van der Waals surface area contributed by atoms with Crippen molar-refractivity contribution in [3.05, 3.63) is 248 Å². The number of anilines is 12. The number of nitrogens with zero attached hydrogens (tertiary/aromatic N) is 8. The first-order chi connectivity index (χ1) is 40.4. The third-order valence-corrected chi connectivity index (χ3v) is 17.5. The molecule has 4 aromatic heterocycles. The SMILES string of the molecule is Cc1cccc(C)c1N(c1c(C)cncc1C)c1cc(N(c2c(C)cccc2C)c2c(C)cncc2C)c2ccc3c(N(c4c(C)cccc4C)c4c(C)cncc4C)cc(N(c4c(C)cccc4C)c4c(C)cncc4C)c4ccc1c2c43. The molecule has 0 aliphatic rings. The summed E-state index contributed by atoms with van der Waals surface area (Å²) in [6.45, 7) is 35.6. The number of rotatable bonds is 12. The molecule has 0 atom stereocenters. The molecule has 12 aromatic rings. The van der Waals surface area contributed by atoms with Gasteiger partial charge in [-0.1, -0.05) is 97.1 Å². The number of benzene rings is 8. The Morgan fingerprint density at radius 1 is 0.202 bits per heavy atom. The smallest absolute Gasteiger partial charge is 0.0562 e. The van der Waals surface area contributed by atoms with Crippen LogP contribution < -0.4 is 19.6 Å². The second-order valence-electron chi connectivity index (χ2n) is 23.7. The number of para-hydroxylation sites is 4. The topological polar surface area (TPSA) is 64.5 Å². The molecule has 0 saturated carbocycles. The molecule has 12 rings (SSSR count). The lowest BCUT2D eigenvalue weighted by molar-refractivity contribution is 1.13. The van der Waals surface area contributed by atoms with Crippen LogP contribution in [-0.2, 0) is 0 Å². The molecule has 0 radical (unpaired) electrons. The zero-order valence-electron chi connectivity index (χ0n) is 51.6. The summed E-state index contributed by atoms with van der Waals surface area (Å²) in [6.07, 6.45) is 16.1. The molecule has 418 valence electrons. The number of aryl methyl sites for hydroxylation is 16. The van der Waals surface area contributed by atoms with Crippen molar-refractivity contribution in [3.8, 4) is 0 Å². The normalized spacial score (nSPS) is 11.6. The van der Waals surface area contributed by atoms with Gasteiger partial charge in [-0.05, 0) is 212 Å². The Morgan fingerprint density at radius 3 is 0.524 bits per heavy atom. The van der Waals surface area contributed by atoms with Crippen molar-refractivity contribution in [3.63, 3.8) is 0 Å². The van der Waals surface area contributed by atoms with E-state index >= 15 is 0 Å². The Balaban J connectivity index is 1.39. The highest BCUT2D eigenvalue weighted by molar-refractivity contribution is 6.33. The Morgan fingerprint density at radius 2 is 0.357 bits per heavy atom. The van der Waals surface area contributed by atoms with Crippen molar-refractivity contribution in [1.29, 1.82) is 0 Å². The van der Waals surface area contributed by atoms with Crippen LogP contribution in [-0.4, -0.2) is 19.9 Å². The van der Waals surface area contributed by atoms with Crippen LogP contribution in [0.5, 0.6) is 0 Å². The number of aromatic nitrogens is 4. The minimum absolute atomic E-state index is 1.06. The van der Waals surface area contributed by atoms with Gasteiger partial charge in [-0.2, -0.15) is 0 Å². The van der Waals surface area contributed by atoms with Gasteiger partial charge in [-0.25, -0.2) is 0 Å². The van der Waals surface area contributed by atoms with Gasteiger partial charge in [-0.3, -0.25) is 19.9 Å². The average Bonchev–Trinajstić information content (AvgIpc) is 1.34. The van der Waals surface area contributed by atoms with E-state index in [-0.39, 0.29) is 0 Å². The van der Waals surface area contributed by atoms with E-state index < -0.39 is 0 Å². The molecular formula is C76H74N8. The zero-order valence-corrected chi connectivity index (χ0v) is 51.6. The molecule has 8 nitrogen and oxygen atoms in total. The summed E-state index contributed by atoms with van der Waals surface area (Å²) in [7, 11) is 0. The van der Waals surface area contributed by atoms with Crippen LogP contribution in [0.4, 0.5) is 68.2 Å². The summed E-state index contributed by atoms with van der Waals surface area (Å²) in [5.41, 5.74) is 31.3. The van der Waals surface area contributed by atoms with E-state index in [4.69, 9.17) is 19.9 Å². The maximum Gasteiger partial charge on any atom is 0.0562 e. The maximum atomic E-state index is 4.80. The minimum Gasteiger partial charge on any atom is -0.309 e. The molecule has 4 heterocycles. The molecule has 8 heteroatoms. The summed E-state index contributed by atoms with van der Waals surface area (Å²) in [5, 5.41) is 6.84. The lowest BCUT2D eigenvalue weighted by atomic mass is 9.88. The number of pyridine rings is 4. The fourth-order valence-electron chi connectivity index (χ4n) is 13.9. The van der Waals surface area contributed by atoms with Crippen molar-refractivity contribution in [2.45, 2.75) is 111 Å². The molecule has 0 spiro atoms. The fraction of sp³-hybridized carbons (Fsp3) is 0.211. The molecule has 0 unspecified atom stereocenters. The van der Waals surface area contributed by atoms with E-state index in [1.165, 1.54) is 44.5 Å². The summed E-state index contributed by atoms with van der Waals surface area (Å²) in [6, 6.07) is 41.3. The number of hydrogen-bond donors (Lipinski definition) is 0. The van der Waals surface area contributed by atoms with Crippen molar-refractivity contribution in [2.75, 3.05) is 19.6 Å². The summed E-state index contributed by atoms with van der Waals surface area (Å²) in [4.78, 5) is 29.4. The van der Waals surface area contributed by atoms with Crippen LogP contribution in [0.1, 0.15) is 89.0 Å². The molecule has 0 saturated heterocycles. The molecule has 0 fully saturated rings. The van der Waals surface area contributed by atoms with E-state index in [0.717, 1.165) is 145 Å². The van der Waals surface area contributed by atoms with Gasteiger partial charge in [0.15, 0.2) is 0 Å². The number of hydrogen-bond acceptors (Lipinski definition) is 8. The van der Waals surface area contributed by atoms with Gasteiger partial charge in [0.05, 0.1) is 68.2 Å². The van der Waals surface area contributed by atoms with Gasteiger partial charge in [0.2, 0.25) is 0 Å². The van der Waals surface area contributed by atoms with E-state index in [2.05, 4.69) is 240 Å². The van der Waals surface area contributed by atoms with Gasteiger partial charge >= 0.3 is 0 Å². The van der Waals surface area contributed by atoms with Crippen LogP contribution in [0, 0.1) is 111 Å². The molecule has 0 bridgehead atoms. The Bertz CT molecular complexity index is 3670. The second-order valence-corrected chi connectivity index (χ2v) is 23.7. The summed E-state index contributed by atoms with van der Waals surface area (Å²) >= 11 is 0. The zero-order chi connectivity index (χ0) is 59.2. The Labute approximate surface area is 496 Å². The van der Waals surface area contributed by atoms with Crippen molar-refractivity contribution >= 4 is 101 Å². The van der Waals surface area contributed by atoms with Crippen molar-refractivity contribution in [1.82, 2.24) is 19.9 Å². The second kappa shape index (κ2) is 21.4. The molecule has 8 aromatic carbocycles. The third-order valence-electron chi connectivity index (χ3n) is 17.5. The molecule has 0 aliphatic heterocycles. The predicted octanol–water partition coefficient (Wildman–Crippen LogP) is 21.0. The largest absolute Gasteiger partial charge is 0.309 e. The highest BCUT2D eigenvalue weighted by Crippen LogP contribution is 2.58. The third kappa shape index (κ3) is 8.89. The van der Waals surface area contributed by atoms with Gasteiger partial charge in [0.25, 0.3) is 0 Å². The quantitative estimate of drug-likeness (QED) is 0.112. The molecule has 84 heavy (non-hydrogen) atoms. The highest BCUT2D eigenvalue weighted by Gasteiger charge is 2.34. The lowest BCUT2D eigenvalue weighted by Gasteiger charge is -2.38. The monoisotopic (exact) mass is 1100 g/mol. The average molecular weight is 1100 g/mol. The molecule has 0 N–H and O–H groups in total. The lowest BCUT2D eigenvalue weighted by Crippen LogP contribution is -2.20. The molecular weight excluding hydrogens is 1020 g/mol. The standard InChI is InChI=1S/C76H74N8/c1-43-21-17-22-44(2)69(43)81(73-51(9)35-77-36-52(73)10)63-33-64(82(70-45(3)23-18-24-46(70)4)74-53(11)37-78-38-54(74)12)60-31-32-62-66(84(72-49(7)27-20-28-50(72)8)76-57(15)41-80-42-58(76)16)34-65(61-30-29-59(63)67(60)68(61)62)83(71-47(5)25-19-26-48(71)6)75-55(13)39-79-40-56(75)14/h17-42H,1-16H3.